The summed E-state index contributed by atoms with van der Waals surface area (Å²) in [6, 6.07) is 4.61. The van der Waals surface area contributed by atoms with Gasteiger partial charge in [-0.05, 0) is 43.9 Å². The highest BCUT2D eigenvalue weighted by Gasteiger charge is 2.51. The highest BCUT2D eigenvalue weighted by molar-refractivity contribution is 9.09. The maximum absolute atomic E-state index is 12.8. The third-order valence-corrected chi connectivity index (χ3v) is 5.48. The molecular formula is C17H15BrCl2O4. The van der Waals surface area contributed by atoms with Crippen molar-refractivity contribution in [3.05, 3.63) is 39.4 Å². The van der Waals surface area contributed by atoms with Gasteiger partial charge in [-0.3, -0.25) is 0 Å². The molecule has 1 aromatic carbocycles. The van der Waals surface area contributed by atoms with Gasteiger partial charge in [0.25, 0.3) is 0 Å². The van der Waals surface area contributed by atoms with Crippen molar-refractivity contribution in [1.82, 2.24) is 0 Å². The molecule has 0 amide bonds. The van der Waals surface area contributed by atoms with Crippen LogP contribution in [0.1, 0.15) is 32.1 Å². The summed E-state index contributed by atoms with van der Waals surface area (Å²) in [5.41, 5.74) is -0.226. The Morgan fingerprint density at radius 1 is 1.25 bits per heavy atom. The van der Waals surface area contributed by atoms with Gasteiger partial charge in [-0.25, -0.2) is 9.59 Å². The van der Waals surface area contributed by atoms with Crippen molar-refractivity contribution in [2.24, 2.45) is 0 Å². The third kappa shape index (κ3) is 3.22. The van der Waals surface area contributed by atoms with Crippen LogP contribution in [-0.2, 0) is 14.3 Å². The van der Waals surface area contributed by atoms with E-state index in [1.807, 2.05) is 0 Å². The second-order valence-electron chi connectivity index (χ2n) is 5.90. The number of ether oxygens (including phenoxy) is 2. The van der Waals surface area contributed by atoms with Crippen LogP contribution < -0.4 is 4.74 Å². The molecule has 1 fully saturated rings. The van der Waals surface area contributed by atoms with E-state index in [0.717, 1.165) is 19.3 Å². The SMILES string of the molecule is O=C1OC2(CCCCC2)C(C(=O)Oc2ccc(Cl)cc2Cl)=C1CBr. The molecular weight excluding hydrogens is 419 g/mol. The maximum atomic E-state index is 12.8. The monoisotopic (exact) mass is 432 g/mol. The Labute approximate surface area is 158 Å². The number of rotatable bonds is 3. The number of esters is 2. The van der Waals surface area contributed by atoms with E-state index in [4.69, 9.17) is 32.7 Å². The van der Waals surface area contributed by atoms with Crippen LogP contribution in [0.25, 0.3) is 0 Å². The predicted octanol–water partition coefficient (Wildman–Crippen LogP) is 4.85. The lowest BCUT2D eigenvalue weighted by atomic mass is 9.79. The zero-order valence-electron chi connectivity index (χ0n) is 12.7. The van der Waals surface area contributed by atoms with Crippen LogP contribution in [0.4, 0.5) is 0 Å². The molecule has 1 heterocycles. The molecule has 1 aliphatic heterocycles. The lowest BCUT2D eigenvalue weighted by Gasteiger charge is -2.33. The first-order valence-electron chi connectivity index (χ1n) is 7.67. The Morgan fingerprint density at radius 2 is 1.96 bits per heavy atom. The van der Waals surface area contributed by atoms with Gasteiger partial charge in [0, 0.05) is 10.4 Å². The molecule has 7 heteroatoms. The van der Waals surface area contributed by atoms with Gasteiger partial charge < -0.3 is 9.47 Å². The van der Waals surface area contributed by atoms with Crippen molar-refractivity contribution in [3.8, 4) is 5.75 Å². The van der Waals surface area contributed by atoms with Gasteiger partial charge in [-0.1, -0.05) is 45.6 Å². The fourth-order valence-corrected chi connectivity index (χ4v) is 4.24. The van der Waals surface area contributed by atoms with E-state index < -0.39 is 17.5 Å². The van der Waals surface area contributed by atoms with Crippen molar-refractivity contribution in [3.63, 3.8) is 0 Å². The minimum atomic E-state index is -0.867. The number of hydrogen-bond acceptors (Lipinski definition) is 4. The fourth-order valence-electron chi connectivity index (χ4n) is 3.28. The first kappa shape index (κ1) is 17.8. The molecule has 2 aliphatic rings. The summed E-state index contributed by atoms with van der Waals surface area (Å²) in [6.07, 6.45) is 4.14. The second kappa shape index (κ2) is 7.06. The highest BCUT2D eigenvalue weighted by Crippen LogP contribution is 2.45. The summed E-state index contributed by atoms with van der Waals surface area (Å²) in [5, 5.41) is 0.926. The second-order valence-corrected chi connectivity index (χ2v) is 7.30. The summed E-state index contributed by atoms with van der Waals surface area (Å²) in [4.78, 5) is 25.0. The van der Waals surface area contributed by atoms with Gasteiger partial charge in [0.2, 0.25) is 0 Å². The smallest absolute Gasteiger partial charge is 0.344 e. The molecule has 0 N–H and O–H groups in total. The minimum Gasteiger partial charge on any atom is -0.450 e. The molecule has 1 spiro atoms. The summed E-state index contributed by atoms with van der Waals surface area (Å²) in [7, 11) is 0. The van der Waals surface area contributed by atoms with E-state index >= 15 is 0 Å². The van der Waals surface area contributed by atoms with E-state index in [1.54, 1.807) is 6.07 Å². The topological polar surface area (TPSA) is 52.6 Å². The number of alkyl halides is 1. The average molecular weight is 434 g/mol. The molecule has 1 saturated carbocycles. The summed E-state index contributed by atoms with van der Waals surface area (Å²) in [6.45, 7) is 0. The fraction of sp³-hybridized carbons (Fsp3) is 0.412. The van der Waals surface area contributed by atoms with Crippen LogP contribution in [0.2, 0.25) is 10.0 Å². The number of hydrogen-bond donors (Lipinski definition) is 0. The van der Waals surface area contributed by atoms with Crippen molar-refractivity contribution in [2.75, 3.05) is 5.33 Å². The Kier molecular flexibility index (Phi) is 5.23. The zero-order chi connectivity index (χ0) is 17.3. The Hall–Kier alpha value is -1.04. The molecule has 3 rings (SSSR count). The summed E-state index contributed by atoms with van der Waals surface area (Å²) < 4.78 is 11.1. The molecule has 0 atom stereocenters. The molecule has 0 radical (unpaired) electrons. The zero-order valence-corrected chi connectivity index (χ0v) is 15.8. The van der Waals surface area contributed by atoms with Crippen LogP contribution in [-0.4, -0.2) is 22.9 Å². The normalized spacial score (nSPS) is 19.5. The molecule has 0 bridgehead atoms. The standard InChI is InChI=1S/C17H15BrCl2O4/c18-9-11-14(17(24-15(11)21)6-2-1-3-7-17)16(22)23-13-5-4-10(19)8-12(13)20/h4-5,8H,1-3,6-7,9H2. The molecule has 24 heavy (non-hydrogen) atoms. The largest absolute Gasteiger partial charge is 0.450 e. The predicted molar refractivity (Wildman–Crippen MR) is 94.8 cm³/mol. The quantitative estimate of drug-likeness (QED) is 0.388. The molecule has 0 unspecified atom stereocenters. The first-order valence-corrected chi connectivity index (χ1v) is 9.55. The van der Waals surface area contributed by atoms with Crippen LogP contribution in [0.5, 0.6) is 5.75 Å². The number of carbonyl (C=O) groups excluding carboxylic acids is 2. The maximum Gasteiger partial charge on any atom is 0.344 e. The van der Waals surface area contributed by atoms with E-state index in [2.05, 4.69) is 15.9 Å². The Balaban J connectivity index is 1.95. The van der Waals surface area contributed by atoms with E-state index in [-0.39, 0.29) is 16.1 Å². The lowest BCUT2D eigenvalue weighted by Crippen LogP contribution is -2.38. The van der Waals surface area contributed by atoms with Crippen LogP contribution in [0, 0.1) is 0 Å². The van der Waals surface area contributed by atoms with Crippen LogP contribution in [0.15, 0.2) is 29.3 Å². The van der Waals surface area contributed by atoms with Gasteiger partial charge in [0.05, 0.1) is 16.2 Å². The van der Waals surface area contributed by atoms with E-state index in [9.17, 15) is 9.59 Å². The van der Waals surface area contributed by atoms with Crippen molar-refractivity contribution in [2.45, 2.75) is 37.7 Å². The van der Waals surface area contributed by atoms with E-state index in [0.29, 0.717) is 29.0 Å². The number of carbonyl (C=O) groups is 2. The Morgan fingerprint density at radius 3 is 2.58 bits per heavy atom. The van der Waals surface area contributed by atoms with Crippen LogP contribution >= 0.6 is 39.1 Å². The highest BCUT2D eigenvalue weighted by atomic mass is 79.9. The molecule has 4 nitrogen and oxygen atoms in total. The Bertz CT molecular complexity index is 723. The average Bonchev–Trinajstić information content (AvgIpc) is 2.81. The van der Waals surface area contributed by atoms with Gasteiger partial charge in [0.15, 0.2) is 0 Å². The molecule has 0 saturated heterocycles. The summed E-state index contributed by atoms with van der Waals surface area (Å²) in [5.74, 6) is -0.845. The van der Waals surface area contributed by atoms with Gasteiger partial charge in [-0.15, -0.1) is 0 Å². The minimum absolute atomic E-state index is 0.206. The van der Waals surface area contributed by atoms with E-state index in [1.165, 1.54) is 12.1 Å². The number of benzene rings is 1. The third-order valence-electron chi connectivity index (χ3n) is 4.39. The van der Waals surface area contributed by atoms with Crippen molar-refractivity contribution < 1.29 is 19.1 Å². The summed E-state index contributed by atoms with van der Waals surface area (Å²) >= 11 is 15.2. The van der Waals surface area contributed by atoms with Crippen molar-refractivity contribution >= 4 is 51.1 Å². The number of halogens is 3. The van der Waals surface area contributed by atoms with Crippen molar-refractivity contribution in [1.29, 1.82) is 0 Å². The molecule has 128 valence electrons. The molecule has 1 aliphatic carbocycles. The van der Waals surface area contributed by atoms with Crippen LogP contribution in [0.3, 0.4) is 0 Å². The van der Waals surface area contributed by atoms with Gasteiger partial charge >= 0.3 is 11.9 Å². The lowest BCUT2D eigenvalue weighted by molar-refractivity contribution is -0.150. The molecule has 1 aromatic rings. The molecule has 0 aromatic heterocycles. The van der Waals surface area contributed by atoms with Gasteiger partial charge in [0.1, 0.15) is 11.4 Å². The van der Waals surface area contributed by atoms with Gasteiger partial charge in [-0.2, -0.15) is 0 Å². The first-order chi connectivity index (χ1) is 11.5.